The molecule has 0 aliphatic heterocycles. The van der Waals surface area contributed by atoms with Crippen molar-refractivity contribution in [2.75, 3.05) is 40.9 Å². The number of methoxy groups -OCH3 is 1. The second-order valence-corrected chi connectivity index (χ2v) is 6.47. The zero-order valence-electron chi connectivity index (χ0n) is 16.0. The quantitative estimate of drug-likeness (QED) is 0.751. The van der Waals surface area contributed by atoms with Gasteiger partial charge in [0.1, 0.15) is 18.1 Å². The van der Waals surface area contributed by atoms with Crippen LogP contribution >= 0.6 is 0 Å². The number of carbonyl (C=O) groups excluding carboxylic acids is 1. The van der Waals surface area contributed by atoms with Crippen molar-refractivity contribution in [1.82, 2.24) is 10.2 Å². The van der Waals surface area contributed by atoms with Gasteiger partial charge in [-0.1, -0.05) is 29.8 Å². The van der Waals surface area contributed by atoms with E-state index in [0.717, 1.165) is 17.9 Å². The van der Waals surface area contributed by atoms with Crippen LogP contribution in [0.3, 0.4) is 0 Å². The van der Waals surface area contributed by atoms with Crippen LogP contribution in [0.2, 0.25) is 0 Å². The summed E-state index contributed by atoms with van der Waals surface area (Å²) in [5.41, 5.74) is 2.82. The van der Waals surface area contributed by atoms with Crippen LogP contribution < -0.4 is 14.8 Å². The molecule has 0 atom stereocenters. The maximum Gasteiger partial charge on any atom is 0.255 e. The fourth-order valence-electron chi connectivity index (χ4n) is 2.63. The average molecular weight is 356 g/mol. The van der Waals surface area contributed by atoms with Gasteiger partial charge >= 0.3 is 0 Å². The minimum atomic E-state index is -0.128. The number of nitrogens with one attached hydrogen (secondary N) is 1. The molecular weight excluding hydrogens is 328 g/mol. The molecule has 0 radical (unpaired) electrons. The molecule has 0 aliphatic rings. The van der Waals surface area contributed by atoms with Crippen molar-refractivity contribution in [2.45, 2.75) is 13.3 Å². The van der Waals surface area contributed by atoms with E-state index in [-0.39, 0.29) is 5.91 Å². The number of ether oxygens (including phenoxy) is 2. The van der Waals surface area contributed by atoms with Gasteiger partial charge in [0.2, 0.25) is 0 Å². The van der Waals surface area contributed by atoms with E-state index in [1.807, 2.05) is 56.3 Å². The van der Waals surface area contributed by atoms with Crippen LogP contribution in [-0.2, 0) is 6.42 Å². The van der Waals surface area contributed by atoms with Crippen molar-refractivity contribution < 1.29 is 14.3 Å². The SMILES string of the molecule is COc1ccc(C)cc1CCNC(=O)c1ccccc1OCCN(C)C. The van der Waals surface area contributed by atoms with Crippen molar-refractivity contribution in [3.63, 3.8) is 0 Å². The minimum absolute atomic E-state index is 0.128. The van der Waals surface area contributed by atoms with Crippen LogP contribution in [-0.4, -0.2) is 51.7 Å². The number of para-hydroxylation sites is 1. The predicted molar refractivity (Wildman–Crippen MR) is 104 cm³/mol. The highest BCUT2D eigenvalue weighted by Crippen LogP contribution is 2.20. The van der Waals surface area contributed by atoms with Crippen molar-refractivity contribution in [3.05, 3.63) is 59.2 Å². The summed E-state index contributed by atoms with van der Waals surface area (Å²) in [7, 11) is 5.64. The zero-order chi connectivity index (χ0) is 18.9. The van der Waals surface area contributed by atoms with E-state index in [2.05, 4.69) is 11.4 Å². The van der Waals surface area contributed by atoms with Gasteiger partial charge in [0.15, 0.2) is 0 Å². The number of aryl methyl sites for hydroxylation is 1. The molecule has 2 aromatic carbocycles. The standard InChI is InChI=1S/C21H28N2O3/c1-16-9-10-19(25-4)17(15-16)11-12-22-21(24)18-7-5-6-8-20(18)26-14-13-23(2)3/h5-10,15H,11-14H2,1-4H3,(H,22,24). The van der Waals surface area contributed by atoms with E-state index in [1.54, 1.807) is 13.2 Å². The molecule has 26 heavy (non-hydrogen) atoms. The molecule has 140 valence electrons. The normalized spacial score (nSPS) is 10.7. The number of hydrogen-bond acceptors (Lipinski definition) is 4. The molecular formula is C21H28N2O3. The summed E-state index contributed by atoms with van der Waals surface area (Å²) in [5, 5.41) is 2.97. The Morgan fingerprint density at radius 2 is 1.88 bits per heavy atom. The van der Waals surface area contributed by atoms with E-state index >= 15 is 0 Å². The van der Waals surface area contributed by atoms with E-state index in [9.17, 15) is 4.79 Å². The van der Waals surface area contributed by atoms with Crippen molar-refractivity contribution in [1.29, 1.82) is 0 Å². The molecule has 2 rings (SSSR count). The second-order valence-electron chi connectivity index (χ2n) is 6.47. The Bertz CT molecular complexity index is 729. The fourth-order valence-corrected chi connectivity index (χ4v) is 2.63. The Hall–Kier alpha value is -2.53. The molecule has 1 N–H and O–H groups in total. The molecule has 0 bridgehead atoms. The van der Waals surface area contributed by atoms with Gasteiger partial charge in [-0.25, -0.2) is 0 Å². The fraction of sp³-hybridized carbons (Fsp3) is 0.381. The molecule has 5 heteroatoms. The van der Waals surface area contributed by atoms with E-state index in [4.69, 9.17) is 9.47 Å². The van der Waals surface area contributed by atoms with Gasteiger partial charge < -0.3 is 19.7 Å². The lowest BCUT2D eigenvalue weighted by Gasteiger charge is -2.14. The highest BCUT2D eigenvalue weighted by atomic mass is 16.5. The first kappa shape index (κ1) is 19.8. The summed E-state index contributed by atoms with van der Waals surface area (Å²) in [5.74, 6) is 1.33. The van der Waals surface area contributed by atoms with Crippen molar-refractivity contribution >= 4 is 5.91 Å². The van der Waals surface area contributed by atoms with Gasteiger partial charge in [0.05, 0.1) is 12.7 Å². The van der Waals surface area contributed by atoms with Crippen LogP contribution in [0, 0.1) is 6.92 Å². The topological polar surface area (TPSA) is 50.8 Å². The first-order chi connectivity index (χ1) is 12.5. The Morgan fingerprint density at radius 1 is 1.12 bits per heavy atom. The number of hydrogen-bond donors (Lipinski definition) is 1. The zero-order valence-corrected chi connectivity index (χ0v) is 16.0. The summed E-state index contributed by atoms with van der Waals surface area (Å²) in [6.07, 6.45) is 0.709. The third kappa shape index (κ3) is 5.77. The predicted octanol–water partition coefficient (Wildman–Crippen LogP) is 2.92. The lowest BCUT2D eigenvalue weighted by molar-refractivity contribution is 0.0949. The number of nitrogens with zero attached hydrogens (tertiary/aromatic N) is 1. The molecule has 1 amide bonds. The van der Waals surface area contributed by atoms with Crippen LogP contribution in [0.1, 0.15) is 21.5 Å². The first-order valence-electron chi connectivity index (χ1n) is 8.79. The monoisotopic (exact) mass is 356 g/mol. The molecule has 0 saturated heterocycles. The lowest BCUT2D eigenvalue weighted by atomic mass is 10.1. The van der Waals surface area contributed by atoms with E-state index < -0.39 is 0 Å². The largest absolute Gasteiger partial charge is 0.496 e. The third-order valence-corrected chi connectivity index (χ3v) is 4.04. The van der Waals surface area contributed by atoms with Crippen LogP contribution in [0.5, 0.6) is 11.5 Å². The van der Waals surface area contributed by atoms with E-state index in [0.29, 0.717) is 30.9 Å². The molecule has 5 nitrogen and oxygen atoms in total. The van der Waals surface area contributed by atoms with Gasteiger partial charge in [-0.15, -0.1) is 0 Å². The van der Waals surface area contributed by atoms with Gasteiger partial charge in [0, 0.05) is 13.1 Å². The summed E-state index contributed by atoms with van der Waals surface area (Å²) < 4.78 is 11.2. The van der Waals surface area contributed by atoms with Gasteiger partial charge in [0.25, 0.3) is 5.91 Å². The molecule has 0 fully saturated rings. The molecule has 0 aromatic heterocycles. The third-order valence-electron chi connectivity index (χ3n) is 4.04. The maximum absolute atomic E-state index is 12.5. The van der Waals surface area contributed by atoms with Gasteiger partial charge in [-0.2, -0.15) is 0 Å². The van der Waals surface area contributed by atoms with Crippen molar-refractivity contribution in [3.8, 4) is 11.5 Å². The molecule has 2 aromatic rings. The Morgan fingerprint density at radius 3 is 2.62 bits per heavy atom. The smallest absolute Gasteiger partial charge is 0.255 e. The molecule has 0 unspecified atom stereocenters. The van der Waals surface area contributed by atoms with Gasteiger partial charge in [-0.3, -0.25) is 4.79 Å². The maximum atomic E-state index is 12.5. The van der Waals surface area contributed by atoms with Crippen molar-refractivity contribution in [2.24, 2.45) is 0 Å². The number of likely N-dealkylation sites (N-methyl/N-ethyl adjacent to an activating group) is 1. The van der Waals surface area contributed by atoms with Gasteiger partial charge in [-0.05, 0) is 51.2 Å². The summed E-state index contributed by atoms with van der Waals surface area (Å²) >= 11 is 0. The van der Waals surface area contributed by atoms with E-state index in [1.165, 1.54) is 5.56 Å². The Labute approximate surface area is 155 Å². The van der Waals surface area contributed by atoms with Crippen LogP contribution in [0.4, 0.5) is 0 Å². The average Bonchev–Trinajstić information content (AvgIpc) is 2.62. The number of benzene rings is 2. The molecule has 0 heterocycles. The highest BCUT2D eigenvalue weighted by molar-refractivity contribution is 5.96. The second kappa shape index (κ2) is 9.82. The highest BCUT2D eigenvalue weighted by Gasteiger charge is 2.12. The Balaban J connectivity index is 1.95. The minimum Gasteiger partial charge on any atom is -0.496 e. The summed E-state index contributed by atoms with van der Waals surface area (Å²) in [6.45, 7) is 3.91. The molecule has 0 aliphatic carbocycles. The lowest BCUT2D eigenvalue weighted by Crippen LogP contribution is -2.27. The summed E-state index contributed by atoms with van der Waals surface area (Å²) in [6, 6.07) is 13.4. The number of carbonyl (C=O) groups is 1. The van der Waals surface area contributed by atoms with Crippen LogP contribution in [0.25, 0.3) is 0 Å². The number of rotatable bonds is 9. The van der Waals surface area contributed by atoms with Crippen LogP contribution in [0.15, 0.2) is 42.5 Å². The Kier molecular flexibility index (Phi) is 7.48. The molecule has 0 saturated carbocycles. The number of amides is 1. The first-order valence-corrected chi connectivity index (χ1v) is 8.79. The molecule has 0 spiro atoms. The summed E-state index contributed by atoms with van der Waals surface area (Å²) in [4.78, 5) is 14.6.